The first-order valence-electron chi connectivity index (χ1n) is 16.0. The fourth-order valence-electron chi connectivity index (χ4n) is 7.73. The first-order chi connectivity index (χ1) is 22.6. The molecule has 1 N–H and O–H groups in total. The zero-order chi connectivity index (χ0) is 32.9. The van der Waals surface area contributed by atoms with E-state index in [9.17, 15) is 14.7 Å². The van der Waals surface area contributed by atoms with E-state index in [0.29, 0.717) is 42.2 Å². The van der Waals surface area contributed by atoms with Gasteiger partial charge in [-0.3, -0.25) is 19.2 Å². The summed E-state index contributed by atoms with van der Waals surface area (Å²) in [5.74, 6) is -0.164. The number of nitrogens with zero attached hydrogens (tertiary/aromatic N) is 5. The molecule has 7 rings (SSSR count). The number of aryl methyl sites for hydroxylation is 1. The molecular weight excluding hydrogens is 617 g/mol. The van der Waals surface area contributed by atoms with E-state index in [1.54, 1.807) is 33.8 Å². The molecular formula is C35H38FN5O5Si. The molecule has 1 saturated heterocycles. The summed E-state index contributed by atoms with van der Waals surface area (Å²) in [5.41, 5.74) is 2.60. The summed E-state index contributed by atoms with van der Waals surface area (Å²) in [7, 11) is -3.32. The molecule has 1 fully saturated rings. The molecule has 0 radical (unpaired) electrons. The minimum absolute atomic E-state index is 0.0181. The Morgan fingerprint density at radius 3 is 2.60 bits per heavy atom. The van der Waals surface area contributed by atoms with Crippen molar-refractivity contribution in [2.75, 3.05) is 23.0 Å². The third kappa shape index (κ3) is 5.34. The van der Waals surface area contributed by atoms with E-state index in [-0.39, 0.29) is 31.6 Å². The smallest absolute Gasteiger partial charge is 0.269 e. The van der Waals surface area contributed by atoms with Crippen LogP contribution in [0.3, 0.4) is 0 Å². The predicted molar refractivity (Wildman–Crippen MR) is 177 cm³/mol. The van der Waals surface area contributed by atoms with Crippen LogP contribution < -0.4 is 14.5 Å². The van der Waals surface area contributed by atoms with Crippen LogP contribution in [-0.4, -0.2) is 59.6 Å². The standard InChI is InChI=1S/C35H38FN5O5Si/c1-23-33(47(2,3)36)31(15-17-39-21-25(16-18-42)37-38-39)46-35(23)27-11-4-5-12-28(27)40(34(35)44)20-24-9-8-10-26(19-24)41-29-13-6-7-14-30(29)45-22-32(41)43/h4-14,19,21,23,31,33,42H,15-18,20,22H2,1-3H3/t23-,31+,33-,35+/m0/s1. The predicted octanol–water partition coefficient (Wildman–Crippen LogP) is 5.28. The number of hydrogen-bond donors (Lipinski definition) is 1. The Bertz CT molecular complexity index is 1830. The number of amides is 2. The van der Waals surface area contributed by atoms with Crippen LogP contribution in [0.1, 0.15) is 30.2 Å². The second-order valence-corrected chi connectivity index (χ2v) is 16.9. The number of carbonyl (C=O) groups excluding carboxylic acids is 2. The van der Waals surface area contributed by atoms with Crippen LogP contribution in [0.2, 0.25) is 18.6 Å². The van der Waals surface area contributed by atoms with Crippen molar-refractivity contribution in [2.45, 2.75) is 63.2 Å². The molecule has 244 valence electrons. The molecule has 0 bridgehead atoms. The molecule has 12 heteroatoms. The minimum Gasteiger partial charge on any atom is -0.482 e. The number of fused-ring (bicyclic) bond motifs is 3. The lowest BCUT2D eigenvalue weighted by molar-refractivity contribution is -0.146. The van der Waals surface area contributed by atoms with E-state index in [4.69, 9.17) is 9.47 Å². The topological polar surface area (TPSA) is 110 Å². The number of halogens is 1. The van der Waals surface area contributed by atoms with Gasteiger partial charge in [-0.15, -0.1) is 5.10 Å². The number of anilines is 3. The Morgan fingerprint density at radius 2 is 1.81 bits per heavy atom. The molecule has 47 heavy (non-hydrogen) atoms. The van der Waals surface area contributed by atoms with Gasteiger partial charge in [0.1, 0.15) is 5.75 Å². The summed E-state index contributed by atoms with van der Waals surface area (Å²) in [6, 6.07) is 22.7. The lowest BCUT2D eigenvalue weighted by Crippen LogP contribution is -2.45. The summed E-state index contributed by atoms with van der Waals surface area (Å²) in [5, 5.41) is 17.5. The maximum absolute atomic E-state index is 16.2. The second-order valence-electron chi connectivity index (χ2n) is 13.1. The number of benzene rings is 3. The molecule has 10 nitrogen and oxygen atoms in total. The maximum Gasteiger partial charge on any atom is 0.269 e. The van der Waals surface area contributed by atoms with Crippen LogP contribution in [0.4, 0.5) is 21.2 Å². The quantitative estimate of drug-likeness (QED) is 0.193. The van der Waals surface area contributed by atoms with Gasteiger partial charge in [-0.05, 0) is 55.4 Å². The van der Waals surface area contributed by atoms with Crippen molar-refractivity contribution in [3.63, 3.8) is 0 Å². The number of hydrogen-bond acceptors (Lipinski definition) is 7. The van der Waals surface area contributed by atoms with Crippen molar-refractivity contribution in [1.29, 1.82) is 0 Å². The van der Waals surface area contributed by atoms with E-state index in [1.165, 1.54) is 0 Å². The Balaban J connectivity index is 1.20. The van der Waals surface area contributed by atoms with Crippen LogP contribution in [-0.2, 0) is 39.4 Å². The summed E-state index contributed by atoms with van der Waals surface area (Å²) < 4.78 is 30.4. The molecule has 3 aliphatic rings. The van der Waals surface area contributed by atoms with E-state index in [0.717, 1.165) is 16.8 Å². The van der Waals surface area contributed by atoms with Crippen LogP contribution >= 0.6 is 0 Å². The van der Waals surface area contributed by atoms with Gasteiger partial charge in [-0.2, -0.15) is 0 Å². The fraction of sp³-hybridized carbons (Fsp3) is 0.371. The number of aliphatic hydroxyl groups is 1. The lowest BCUT2D eigenvalue weighted by atomic mass is 9.82. The average Bonchev–Trinajstić information content (AvgIpc) is 3.70. The Hall–Kier alpha value is -4.39. The third-order valence-electron chi connectivity index (χ3n) is 9.68. The molecule has 0 unspecified atom stereocenters. The third-order valence-corrected chi connectivity index (χ3v) is 12.1. The molecule has 0 saturated carbocycles. The largest absolute Gasteiger partial charge is 0.482 e. The van der Waals surface area contributed by atoms with Gasteiger partial charge in [-0.25, -0.2) is 0 Å². The fourth-order valence-corrected chi connectivity index (χ4v) is 10.3. The number of carbonyl (C=O) groups is 2. The van der Waals surface area contributed by atoms with Crippen molar-refractivity contribution in [3.8, 4) is 5.75 Å². The monoisotopic (exact) mass is 655 g/mol. The molecule has 1 spiro atoms. The average molecular weight is 656 g/mol. The molecule has 0 aliphatic carbocycles. The van der Waals surface area contributed by atoms with Gasteiger partial charge in [0.25, 0.3) is 11.8 Å². The molecule has 4 aromatic rings. The van der Waals surface area contributed by atoms with Crippen molar-refractivity contribution < 1.29 is 28.3 Å². The maximum atomic E-state index is 16.2. The van der Waals surface area contributed by atoms with Crippen molar-refractivity contribution in [2.24, 2.45) is 5.92 Å². The van der Waals surface area contributed by atoms with Gasteiger partial charge in [0.15, 0.2) is 12.2 Å². The molecule has 3 aliphatic heterocycles. The van der Waals surface area contributed by atoms with Crippen LogP contribution in [0.25, 0.3) is 0 Å². The SMILES string of the molecule is C[C@H]1[C@H]([Si](C)(C)F)[C@@H](CCn2cc(CCO)nn2)O[C@]12C(=O)N(Cc1cccc(N3C(=O)COc4ccccc43)c1)c1ccccc12. The molecule has 4 atom stereocenters. The number of aromatic nitrogens is 3. The highest BCUT2D eigenvalue weighted by Gasteiger charge is 2.66. The number of ether oxygens (including phenoxy) is 2. The van der Waals surface area contributed by atoms with E-state index in [1.807, 2.05) is 79.7 Å². The van der Waals surface area contributed by atoms with Gasteiger partial charge in [0, 0.05) is 48.5 Å². The van der Waals surface area contributed by atoms with Crippen molar-refractivity contribution >= 4 is 37.3 Å². The van der Waals surface area contributed by atoms with Crippen LogP contribution in [0, 0.1) is 5.92 Å². The van der Waals surface area contributed by atoms with Crippen molar-refractivity contribution in [3.05, 3.63) is 95.8 Å². The number of rotatable bonds is 9. The van der Waals surface area contributed by atoms with Gasteiger partial charge in [-0.1, -0.05) is 54.6 Å². The molecule has 2 amide bonds. The van der Waals surface area contributed by atoms with Gasteiger partial charge in [0.05, 0.1) is 29.7 Å². The Kier molecular flexibility index (Phi) is 7.97. The lowest BCUT2D eigenvalue weighted by Gasteiger charge is -2.31. The highest BCUT2D eigenvalue weighted by molar-refractivity contribution is 6.72. The normalized spacial score (nSPS) is 23.7. The zero-order valence-corrected chi connectivity index (χ0v) is 27.7. The highest BCUT2D eigenvalue weighted by atomic mass is 28.4. The van der Waals surface area contributed by atoms with Gasteiger partial charge < -0.3 is 23.6 Å². The van der Waals surface area contributed by atoms with E-state index in [2.05, 4.69) is 10.3 Å². The van der Waals surface area contributed by atoms with Gasteiger partial charge in [0.2, 0.25) is 8.41 Å². The first kappa shape index (κ1) is 31.2. The zero-order valence-electron chi connectivity index (χ0n) is 26.7. The van der Waals surface area contributed by atoms with E-state index >= 15 is 4.11 Å². The number of para-hydroxylation sites is 3. The van der Waals surface area contributed by atoms with Crippen LogP contribution in [0.5, 0.6) is 5.75 Å². The summed E-state index contributed by atoms with van der Waals surface area (Å²) in [6.07, 6.45) is 2.15. The van der Waals surface area contributed by atoms with Crippen molar-refractivity contribution in [1.82, 2.24) is 15.0 Å². The van der Waals surface area contributed by atoms with Crippen LogP contribution in [0.15, 0.2) is 79.0 Å². The molecule has 3 aromatic carbocycles. The summed E-state index contributed by atoms with van der Waals surface area (Å²) in [6.45, 7) is 5.96. The summed E-state index contributed by atoms with van der Waals surface area (Å²) >= 11 is 0. The highest BCUT2D eigenvalue weighted by Crippen LogP contribution is 2.60. The van der Waals surface area contributed by atoms with E-state index < -0.39 is 31.6 Å². The Labute approximate surface area is 273 Å². The minimum atomic E-state index is -3.32. The molecule has 1 aromatic heterocycles. The second kappa shape index (κ2) is 12.0. The number of aliphatic hydroxyl groups excluding tert-OH is 1. The van der Waals surface area contributed by atoms with Gasteiger partial charge >= 0.3 is 0 Å². The first-order valence-corrected chi connectivity index (χ1v) is 19.0. The summed E-state index contributed by atoms with van der Waals surface area (Å²) in [4.78, 5) is 31.1. The molecule has 4 heterocycles. The Morgan fingerprint density at radius 1 is 1.04 bits per heavy atom.